The molecule has 0 bridgehead atoms. The largest absolute Gasteiger partial charge is 0.474 e. The van der Waals surface area contributed by atoms with Crippen LogP contribution in [0.5, 0.6) is 5.75 Å². The SMILES string of the molecule is CCOC(=O)C(Oc1ccc(C)c(C)c1)c1ccccc1. The molecule has 0 fully saturated rings. The maximum absolute atomic E-state index is 12.2. The molecule has 110 valence electrons. The van der Waals surface area contributed by atoms with Crippen LogP contribution in [0.2, 0.25) is 0 Å². The second-order valence-electron chi connectivity index (χ2n) is 4.91. The summed E-state index contributed by atoms with van der Waals surface area (Å²) in [5.74, 6) is 0.293. The van der Waals surface area contributed by atoms with Crippen molar-refractivity contribution >= 4 is 5.97 Å². The first kappa shape index (κ1) is 15.1. The molecular formula is C18H20O3. The van der Waals surface area contributed by atoms with Crippen molar-refractivity contribution in [1.29, 1.82) is 0 Å². The van der Waals surface area contributed by atoms with Gasteiger partial charge in [0, 0.05) is 5.56 Å². The van der Waals surface area contributed by atoms with Gasteiger partial charge in [-0.25, -0.2) is 4.79 Å². The highest BCUT2D eigenvalue weighted by molar-refractivity contribution is 5.77. The summed E-state index contributed by atoms with van der Waals surface area (Å²) in [6, 6.07) is 15.2. The summed E-state index contributed by atoms with van der Waals surface area (Å²) in [7, 11) is 0. The molecule has 2 rings (SSSR count). The summed E-state index contributed by atoms with van der Waals surface area (Å²) < 4.78 is 11.0. The molecular weight excluding hydrogens is 264 g/mol. The lowest BCUT2D eigenvalue weighted by Crippen LogP contribution is -2.21. The van der Waals surface area contributed by atoms with Crippen LogP contribution >= 0.6 is 0 Å². The van der Waals surface area contributed by atoms with Crippen LogP contribution in [-0.2, 0) is 9.53 Å². The second kappa shape index (κ2) is 6.93. The van der Waals surface area contributed by atoms with Gasteiger partial charge in [0.2, 0.25) is 6.10 Å². The first-order valence-corrected chi connectivity index (χ1v) is 7.07. The Bertz CT molecular complexity index is 605. The van der Waals surface area contributed by atoms with Gasteiger partial charge in [-0.15, -0.1) is 0 Å². The summed E-state index contributed by atoms with van der Waals surface area (Å²) in [6.07, 6.45) is -0.742. The molecule has 21 heavy (non-hydrogen) atoms. The van der Waals surface area contributed by atoms with E-state index in [1.54, 1.807) is 6.92 Å². The third kappa shape index (κ3) is 3.85. The molecule has 0 N–H and O–H groups in total. The number of rotatable bonds is 5. The number of carbonyl (C=O) groups excluding carboxylic acids is 1. The minimum Gasteiger partial charge on any atom is -0.474 e. The van der Waals surface area contributed by atoms with Gasteiger partial charge in [-0.1, -0.05) is 36.4 Å². The van der Waals surface area contributed by atoms with Crippen molar-refractivity contribution in [3.05, 3.63) is 65.2 Å². The van der Waals surface area contributed by atoms with Crippen molar-refractivity contribution in [2.75, 3.05) is 6.61 Å². The normalized spacial score (nSPS) is 11.8. The van der Waals surface area contributed by atoms with Crippen LogP contribution in [0, 0.1) is 13.8 Å². The zero-order valence-corrected chi connectivity index (χ0v) is 12.6. The van der Waals surface area contributed by atoms with Crippen LogP contribution in [0.3, 0.4) is 0 Å². The molecule has 0 spiro atoms. The average Bonchev–Trinajstić information content (AvgIpc) is 2.49. The van der Waals surface area contributed by atoms with Crippen LogP contribution in [-0.4, -0.2) is 12.6 Å². The van der Waals surface area contributed by atoms with Gasteiger partial charge in [-0.2, -0.15) is 0 Å². The van der Waals surface area contributed by atoms with Gasteiger partial charge >= 0.3 is 5.97 Å². The first-order valence-electron chi connectivity index (χ1n) is 7.07. The fourth-order valence-corrected chi connectivity index (χ4v) is 2.02. The Kier molecular flexibility index (Phi) is 4.99. The molecule has 2 aromatic carbocycles. The monoisotopic (exact) mass is 284 g/mol. The quantitative estimate of drug-likeness (QED) is 0.779. The molecule has 1 atom stereocenters. The maximum Gasteiger partial charge on any atom is 0.352 e. The third-order valence-electron chi connectivity index (χ3n) is 3.34. The molecule has 0 saturated carbocycles. The van der Waals surface area contributed by atoms with Gasteiger partial charge in [0.15, 0.2) is 0 Å². The average molecular weight is 284 g/mol. The summed E-state index contributed by atoms with van der Waals surface area (Å²) in [5.41, 5.74) is 3.10. The molecule has 0 aliphatic rings. The van der Waals surface area contributed by atoms with Gasteiger partial charge in [-0.3, -0.25) is 0 Å². The predicted octanol–water partition coefficient (Wildman–Crippen LogP) is 3.99. The van der Waals surface area contributed by atoms with Gasteiger partial charge < -0.3 is 9.47 Å². The van der Waals surface area contributed by atoms with E-state index in [0.717, 1.165) is 11.1 Å². The highest BCUT2D eigenvalue weighted by Crippen LogP contribution is 2.25. The van der Waals surface area contributed by atoms with Crippen LogP contribution in [0.1, 0.15) is 29.7 Å². The van der Waals surface area contributed by atoms with Crippen molar-refractivity contribution in [1.82, 2.24) is 0 Å². The predicted molar refractivity (Wildman–Crippen MR) is 82.4 cm³/mol. The van der Waals surface area contributed by atoms with Crippen molar-refractivity contribution < 1.29 is 14.3 Å². The van der Waals surface area contributed by atoms with Gasteiger partial charge in [0.05, 0.1) is 6.61 Å². The highest BCUT2D eigenvalue weighted by atomic mass is 16.6. The van der Waals surface area contributed by atoms with E-state index >= 15 is 0 Å². The molecule has 1 unspecified atom stereocenters. The zero-order valence-electron chi connectivity index (χ0n) is 12.6. The number of esters is 1. The molecule has 0 aliphatic heterocycles. The number of carbonyl (C=O) groups is 1. The Morgan fingerprint density at radius 1 is 1.05 bits per heavy atom. The molecule has 3 nitrogen and oxygen atoms in total. The van der Waals surface area contributed by atoms with Gasteiger partial charge in [-0.05, 0) is 44.0 Å². The maximum atomic E-state index is 12.2. The zero-order chi connectivity index (χ0) is 15.2. The number of aryl methyl sites for hydroxylation is 2. The van der Waals surface area contributed by atoms with Crippen LogP contribution in [0.15, 0.2) is 48.5 Å². The van der Waals surface area contributed by atoms with E-state index in [4.69, 9.17) is 9.47 Å². The summed E-state index contributed by atoms with van der Waals surface area (Å²) in [6.45, 7) is 6.18. The number of ether oxygens (including phenoxy) is 2. The van der Waals surface area contributed by atoms with E-state index in [0.29, 0.717) is 12.4 Å². The number of hydrogen-bond donors (Lipinski definition) is 0. The van der Waals surface area contributed by atoms with E-state index in [1.165, 1.54) is 5.56 Å². The van der Waals surface area contributed by atoms with E-state index in [-0.39, 0.29) is 5.97 Å². The number of benzene rings is 2. The minimum atomic E-state index is -0.742. The Hall–Kier alpha value is -2.29. The smallest absolute Gasteiger partial charge is 0.352 e. The van der Waals surface area contributed by atoms with Crippen molar-refractivity contribution in [3.8, 4) is 5.75 Å². The second-order valence-corrected chi connectivity index (χ2v) is 4.91. The lowest BCUT2D eigenvalue weighted by molar-refractivity contribution is -0.151. The minimum absolute atomic E-state index is 0.332. The highest BCUT2D eigenvalue weighted by Gasteiger charge is 2.24. The molecule has 0 aliphatic carbocycles. The van der Waals surface area contributed by atoms with Crippen molar-refractivity contribution in [3.63, 3.8) is 0 Å². The molecule has 2 aromatic rings. The Balaban J connectivity index is 2.27. The van der Waals surface area contributed by atoms with Crippen molar-refractivity contribution in [2.45, 2.75) is 26.9 Å². The molecule has 0 amide bonds. The van der Waals surface area contributed by atoms with Crippen LogP contribution in [0.25, 0.3) is 0 Å². The Labute approximate surface area is 125 Å². The molecule has 3 heteroatoms. The first-order chi connectivity index (χ1) is 10.1. The van der Waals surface area contributed by atoms with E-state index in [9.17, 15) is 4.79 Å². The molecule has 0 aromatic heterocycles. The lowest BCUT2D eigenvalue weighted by atomic mass is 10.1. The van der Waals surface area contributed by atoms with Crippen molar-refractivity contribution in [2.24, 2.45) is 0 Å². The lowest BCUT2D eigenvalue weighted by Gasteiger charge is -2.18. The van der Waals surface area contributed by atoms with E-state index < -0.39 is 6.10 Å². The summed E-state index contributed by atoms with van der Waals surface area (Å²) in [5, 5.41) is 0. The van der Waals surface area contributed by atoms with Crippen LogP contribution in [0.4, 0.5) is 0 Å². The van der Waals surface area contributed by atoms with E-state index in [1.807, 2.05) is 62.4 Å². The molecule has 0 radical (unpaired) electrons. The Morgan fingerprint density at radius 2 is 1.76 bits per heavy atom. The van der Waals surface area contributed by atoms with Crippen LogP contribution < -0.4 is 4.74 Å². The summed E-state index contributed by atoms with van der Waals surface area (Å²) >= 11 is 0. The topological polar surface area (TPSA) is 35.5 Å². The molecule has 0 saturated heterocycles. The third-order valence-corrected chi connectivity index (χ3v) is 3.34. The fourth-order valence-electron chi connectivity index (χ4n) is 2.02. The van der Waals surface area contributed by atoms with Gasteiger partial charge in [0.25, 0.3) is 0 Å². The van der Waals surface area contributed by atoms with Gasteiger partial charge in [0.1, 0.15) is 5.75 Å². The fraction of sp³-hybridized carbons (Fsp3) is 0.278. The van der Waals surface area contributed by atoms with E-state index in [2.05, 4.69) is 0 Å². The number of hydrogen-bond acceptors (Lipinski definition) is 3. The standard InChI is InChI=1S/C18H20O3/c1-4-20-18(19)17(15-8-6-5-7-9-15)21-16-11-10-13(2)14(3)12-16/h5-12,17H,4H2,1-3H3. The molecule has 0 heterocycles. The summed E-state index contributed by atoms with van der Waals surface area (Å²) in [4.78, 5) is 12.2. The Morgan fingerprint density at radius 3 is 2.38 bits per heavy atom.